The molecule has 7 heteroatoms. The van der Waals surface area contributed by atoms with E-state index in [1.807, 2.05) is 12.1 Å². The Morgan fingerprint density at radius 1 is 0.923 bits per heavy atom. The molecule has 0 aliphatic rings. The van der Waals surface area contributed by atoms with Crippen molar-refractivity contribution in [1.82, 2.24) is 0 Å². The molecule has 0 amide bonds. The maximum Gasteiger partial charge on any atom is 0.349 e. The maximum atomic E-state index is 12.0. The van der Waals surface area contributed by atoms with Crippen LogP contribution in [0.3, 0.4) is 0 Å². The van der Waals surface area contributed by atoms with Gasteiger partial charge in [0.05, 0.1) is 37.0 Å². The van der Waals surface area contributed by atoms with Gasteiger partial charge < -0.3 is 18.9 Å². The van der Waals surface area contributed by atoms with Gasteiger partial charge in [-0.1, -0.05) is 0 Å². The Morgan fingerprint density at radius 2 is 1.54 bits per heavy atom. The van der Waals surface area contributed by atoms with Crippen LogP contribution in [0.15, 0.2) is 36.4 Å². The fourth-order valence-corrected chi connectivity index (χ4v) is 2.08. The highest BCUT2D eigenvalue weighted by Gasteiger charge is 2.14. The van der Waals surface area contributed by atoms with Gasteiger partial charge in [-0.3, -0.25) is 0 Å². The first-order chi connectivity index (χ1) is 12.6. The van der Waals surface area contributed by atoms with Crippen LogP contribution in [0.1, 0.15) is 18.1 Å². The number of carbonyl (C=O) groups is 1. The van der Waals surface area contributed by atoms with E-state index >= 15 is 0 Å². The number of hydrogen-bond acceptors (Lipinski definition) is 7. The zero-order chi connectivity index (χ0) is 18.9. The normalized spacial score (nSPS) is 9.54. The molecular weight excluding hydrogens is 336 g/mol. The molecule has 26 heavy (non-hydrogen) atoms. The fourth-order valence-electron chi connectivity index (χ4n) is 2.08. The van der Waals surface area contributed by atoms with Gasteiger partial charge in [-0.25, -0.2) is 4.79 Å². The summed E-state index contributed by atoms with van der Waals surface area (Å²) in [6.45, 7) is 1.82. The summed E-state index contributed by atoms with van der Waals surface area (Å²) < 4.78 is 21.2. The van der Waals surface area contributed by atoms with Crippen LogP contribution in [0.25, 0.3) is 0 Å². The monoisotopic (exact) mass is 352 g/mol. The lowest BCUT2D eigenvalue weighted by atomic mass is 10.2. The molecule has 0 unspecified atom stereocenters. The van der Waals surface area contributed by atoms with Crippen LogP contribution in [-0.2, 0) is 4.79 Å². The first kappa shape index (κ1) is 18.6. The summed E-state index contributed by atoms with van der Waals surface area (Å²) in [7, 11) is 1.41. The number of benzene rings is 2. The first-order valence-corrected chi connectivity index (χ1v) is 7.69. The van der Waals surface area contributed by atoms with E-state index in [1.54, 1.807) is 19.1 Å². The SMILES string of the molecule is CCOc1cc(C#N)ccc1OCC(=O)Oc1ccc(C#N)cc1OC. The molecule has 0 aliphatic heterocycles. The van der Waals surface area contributed by atoms with Crippen molar-refractivity contribution in [2.45, 2.75) is 6.92 Å². The van der Waals surface area contributed by atoms with Crippen molar-refractivity contribution in [1.29, 1.82) is 10.5 Å². The van der Waals surface area contributed by atoms with Crippen molar-refractivity contribution in [2.75, 3.05) is 20.3 Å². The Labute approximate surface area is 150 Å². The van der Waals surface area contributed by atoms with Gasteiger partial charge >= 0.3 is 5.97 Å². The topological polar surface area (TPSA) is 102 Å². The van der Waals surface area contributed by atoms with Crippen molar-refractivity contribution in [3.05, 3.63) is 47.5 Å². The average molecular weight is 352 g/mol. The number of nitriles is 2. The molecule has 0 radical (unpaired) electrons. The van der Waals surface area contributed by atoms with Gasteiger partial charge in [-0.15, -0.1) is 0 Å². The Bertz CT molecular complexity index is 880. The van der Waals surface area contributed by atoms with Gasteiger partial charge in [0.1, 0.15) is 0 Å². The Kier molecular flexibility index (Phi) is 6.41. The van der Waals surface area contributed by atoms with Gasteiger partial charge in [-0.2, -0.15) is 10.5 Å². The number of nitrogens with zero attached hydrogens (tertiary/aromatic N) is 2. The first-order valence-electron chi connectivity index (χ1n) is 7.69. The molecule has 0 heterocycles. The van der Waals surface area contributed by atoms with Gasteiger partial charge in [0.15, 0.2) is 29.6 Å². The van der Waals surface area contributed by atoms with E-state index in [-0.39, 0.29) is 18.1 Å². The molecule has 2 aromatic rings. The summed E-state index contributed by atoms with van der Waals surface area (Å²) in [6.07, 6.45) is 0. The minimum Gasteiger partial charge on any atom is -0.493 e. The molecule has 0 saturated heterocycles. The van der Waals surface area contributed by atoms with E-state index in [2.05, 4.69) is 0 Å². The summed E-state index contributed by atoms with van der Waals surface area (Å²) in [5, 5.41) is 17.8. The van der Waals surface area contributed by atoms with Crippen molar-refractivity contribution < 1.29 is 23.7 Å². The van der Waals surface area contributed by atoms with Crippen molar-refractivity contribution in [3.63, 3.8) is 0 Å². The Hall–Kier alpha value is -3.71. The number of hydrogen-bond donors (Lipinski definition) is 0. The summed E-state index contributed by atoms with van der Waals surface area (Å²) in [6, 6.07) is 13.1. The van der Waals surface area contributed by atoms with Crippen LogP contribution in [-0.4, -0.2) is 26.3 Å². The summed E-state index contributed by atoms with van der Waals surface area (Å²) >= 11 is 0. The summed E-state index contributed by atoms with van der Waals surface area (Å²) in [4.78, 5) is 12.0. The largest absolute Gasteiger partial charge is 0.493 e. The Morgan fingerprint density at radius 3 is 2.12 bits per heavy atom. The van der Waals surface area contributed by atoms with Gasteiger partial charge in [0.25, 0.3) is 0 Å². The average Bonchev–Trinajstić information content (AvgIpc) is 2.67. The zero-order valence-corrected chi connectivity index (χ0v) is 14.3. The van der Waals surface area contributed by atoms with Gasteiger partial charge in [-0.05, 0) is 31.2 Å². The van der Waals surface area contributed by atoms with Gasteiger partial charge in [0.2, 0.25) is 0 Å². The van der Waals surface area contributed by atoms with Crippen LogP contribution in [0.4, 0.5) is 0 Å². The third-order valence-corrected chi connectivity index (χ3v) is 3.23. The molecule has 0 aliphatic carbocycles. The number of carbonyl (C=O) groups excluding carboxylic acids is 1. The molecule has 0 saturated carbocycles. The number of methoxy groups -OCH3 is 1. The number of ether oxygens (including phenoxy) is 4. The van der Waals surface area contributed by atoms with E-state index in [9.17, 15) is 4.79 Å². The smallest absolute Gasteiger partial charge is 0.349 e. The standard InChI is InChI=1S/C19H16N2O5/c1-3-24-18-9-14(11-21)4-6-15(18)25-12-19(22)26-16-7-5-13(10-20)8-17(16)23-2/h4-9H,3,12H2,1-2H3. The van der Waals surface area contributed by atoms with E-state index in [4.69, 9.17) is 29.5 Å². The predicted octanol–water partition coefficient (Wildman–Crippen LogP) is 2.82. The third kappa shape index (κ3) is 4.65. The van der Waals surface area contributed by atoms with E-state index in [0.29, 0.717) is 29.2 Å². The van der Waals surface area contributed by atoms with E-state index in [0.717, 1.165) is 0 Å². The molecule has 132 valence electrons. The molecule has 7 nitrogen and oxygen atoms in total. The fraction of sp³-hybridized carbons (Fsp3) is 0.211. The minimum absolute atomic E-state index is 0.185. The highest BCUT2D eigenvalue weighted by molar-refractivity contribution is 5.75. The molecule has 0 spiro atoms. The number of esters is 1. The minimum atomic E-state index is -0.653. The Balaban J connectivity index is 2.06. The van der Waals surface area contributed by atoms with E-state index < -0.39 is 5.97 Å². The van der Waals surface area contributed by atoms with E-state index in [1.165, 1.54) is 31.4 Å². The molecule has 2 rings (SSSR count). The lowest BCUT2D eigenvalue weighted by molar-refractivity contribution is -0.136. The van der Waals surface area contributed by atoms with Crippen molar-refractivity contribution >= 4 is 5.97 Å². The van der Waals surface area contributed by atoms with Crippen LogP contribution in [0, 0.1) is 22.7 Å². The summed E-state index contributed by atoms with van der Waals surface area (Å²) in [5.41, 5.74) is 0.808. The highest BCUT2D eigenvalue weighted by Crippen LogP contribution is 2.30. The predicted molar refractivity (Wildman–Crippen MR) is 91.2 cm³/mol. The molecule has 0 atom stereocenters. The van der Waals surface area contributed by atoms with Crippen LogP contribution in [0.2, 0.25) is 0 Å². The zero-order valence-electron chi connectivity index (χ0n) is 14.3. The second-order valence-electron chi connectivity index (χ2n) is 4.95. The highest BCUT2D eigenvalue weighted by atomic mass is 16.6. The summed E-state index contributed by atoms with van der Waals surface area (Å²) in [5.74, 6) is 0.500. The lowest BCUT2D eigenvalue weighted by Gasteiger charge is -2.12. The lowest BCUT2D eigenvalue weighted by Crippen LogP contribution is -2.18. The second-order valence-corrected chi connectivity index (χ2v) is 4.95. The molecule has 0 bridgehead atoms. The van der Waals surface area contributed by atoms with Gasteiger partial charge in [0, 0.05) is 12.1 Å². The maximum absolute atomic E-state index is 12.0. The molecule has 0 aromatic heterocycles. The molecular formula is C19H16N2O5. The van der Waals surface area contributed by atoms with Crippen molar-refractivity contribution in [3.8, 4) is 35.1 Å². The second kappa shape index (κ2) is 8.95. The third-order valence-electron chi connectivity index (χ3n) is 3.23. The van der Waals surface area contributed by atoms with Crippen LogP contribution in [0.5, 0.6) is 23.0 Å². The van der Waals surface area contributed by atoms with Crippen molar-refractivity contribution in [2.24, 2.45) is 0 Å². The molecule has 2 aromatic carbocycles. The van der Waals surface area contributed by atoms with Crippen LogP contribution >= 0.6 is 0 Å². The molecule has 0 N–H and O–H groups in total. The molecule has 0 fully saturated rings. The quantitative estimate of drug-likeness (QED) is 0.558. The number of rotatable bonds is 7. The van der Waals surface area contributed by atoms with Crippen LogP contribution < -0.4 is 18.9 Å².